The number of nitrogens with one attached hydrogen (secondary N) is 1. The number of hydrogen-bond acceptors (Lipinski definition) is 4. The van der Waals surface area contributed by atoms with Crippen molar-refractivity contribution in [1.29, 1.82) is 0 Å². The van der Waals surface area contributed by atoms with Gasteiger partial charge in [0.1, 0.15) is 6.54 Å². The number of carbonyl (C=O) groups is 1. The SMILES string of the molecule is CCNS(=O)(=O)N(CC(=O)OCC)C1CC1. The molecule has 0 radical (unpaired) electrons. The molecule has 0 amide bonds. The smallest absolute Gasteiger partial charge is 0.321 e. The summed E-state index contributed by atoms with van der Waals surface area (Å²) in [5, 5.41) is 0. The summed E-state index contributed by atoms with van der Waals surface area (Å²) in [7, 11) is -3.54. The Balaban J connectivity index is 2.64. The quantitative estimate of drug-likeness (QED) is 0.639. The van der Waals surface area contributed by atoms with Gasteiger partial charge in [0.25, 0.3) is 10.2 Å². The maximum Gasteiger partial charge on any atom is 0.321 e. The highest BCUT2D eigenvalue weighted by Gasteiger charge is 2.38. The Bertz CT molecular complexity index is 337. The molecule has 0 aromatic carbocycles. The standard InChI is InChI=1S/C9H18N2O4S/c1-3-10-16(13,14)11(8-5-6-8)7-9(12)15-4-2/h8,10H,3-7H2,1-2H3. The maximum absolute atomic E-state index is 11.8. The third-order valence-corrected chi connectivity index (χ3v) is 3.88. The summed E-state index contributed by atoms with van der Waals surface area (Å²) in [4.78, 5) is 11.3. The predicted octanol–water partition coefficient (Wildman–Crippen LogP) is -0.132. The fourth-order valence-corrected chi connectivity index (χ4v) is 2.78. The summed E-state index contributed by atoms with van der Waals surface area (Å²) in [6.45, 7) is 3.77. The van der Waals surface area contributed by atoms with E-state index < -0.39 is 16.2 Å². The van der Waals surface area contributed by atoms with E-state index in [0.29, 0.717) is 6.54 Å². The van der Waals surface area contributed by atoms with Crippen molar-refractivity contribution in [3.8, 4) is 0 Å². The van der Waals surface area contributed by atoms with Crippen molar-refractivity contribution in [3.63, 3.8) is 0 Å². The van der Waals surface area contributed by atoms with Crippen molar-refractivity contribution in [2.45, 2.75) is 32.7 Å². The number of ether oxygens (including phenoxy) is 1. The molecule has 0 unspecified atom stereocenters. The van der Waals surface area contributed by atoms with E-state index in [4.69, 9.17) is 4.74 Å². The van der Waals surface area contributed by atoms with Gasteiger partial charge in [0, 0.05) is 12.6 Å². The molecule has 16 heavy (non-hydrogen) atoms. The van der Waals surface area contributed by atoms with Crippen molar-refractivity contribution in [3.05, 3.63) is 0 Å². The summed E-state index contributed by atoms with van der Waals surface area (Å²) in [5.74, 6) is -0.504. The molecule has 0 spiro atoms. The lowest BCUT2D eigenvalue weighted by molar-refractivity contribution is -0.143. The number of carbonyl (C=O) groups excluding carboxylic acids is 1. The molecule has 7 heteroatoms. The van der Waals surface area contributed by atoms with Crippen LogP contribution in [0, 0.1) is 0 Å². The molecule has 6 nitrogen and oxygen atoms in total. The van der Waals surface area contributed by atoms with Crippen LogP contribution in [0.3, 0.4) is 0 Å². The number of rotatable bonds is 7. The fourth-order valence-electron chi connectivity index (χ4n) is 1.37. The molecule has 0 atom stereocenters. The van der Waals surface area contributed by atoms with Gasteiger partial charge in [-0.3, -0.25) is 4.79 Å². The predicted molar refractivity (Wildman–Crippen MR) is 59.0 cm³/mol. The Labute approximate surface area is 96.1 Å². The van der Waals surface area contributed by atoms with Gasteiger partial charge >= 0.3 is 5.97 Å². The van der Waals surface area contributed by atoms with Crippen molar-refractivity contribution >= 4 is 16.2 Å². The first-order valence-electron chi connectivity index (χ1n) is 5.43. The van der Waals surface area contributed by atoms with E-state index in [2.05, 4.69) is 4.72 Å². The van der Waals surface area contributed by atoms with Crippen molar-refractivity contribution < 1.29 is 17.9 Å². The van der Waals surface area contributed by atoms with Crippen LogP contribution < -0.4 is 4.72 Å². The van der Waals surface area contributed by atoms with Gasteiger partial charge in [0.15, 0.2) is 0 Å². The summed E-state index contributed by atoms with van der Waals surface area (Å²) >= 11 is 0. The molecular weight excluding hydrogens is 232 g/mol. The van der Waals surface area contributed by atoms with Crippen LogP contribution in [0.15, 0.2) is 0 Å². The van der Waals surface area contributed by atoms with Crippen LogP contribution in [-0.2, 0) is 19.7 Å². The highest BCUT2D eigenvalue weighted by atomic mass is 32.2. The molecule has 1 aliphatic rings. The molecule has 0 aliphatic heterocycles. The third kappa shape index (κ3) is 3.73. The Hall–Kier alpha value is -0.660. The minimum absolute atomic E-state index is 0.0477. The van der Waals surface area contributed by atoms with E-state index in [1.54, 1.807) is 13.8 Å². The topological polar surface area (TPSA) is 75.7 Å². The first-order valence-corrected chi connectivity index (χ1v) is 6.87. The van der Waals surface area contributed by atoms with E-state index in [0.717, 1.165) is 12.8 Å². The van der Waals surface area contributed by atoms with E-state index in [-0.39, 0.29) is 19.2 Å². The number of hydrogen-bond donors (Lipinski definition) is 1. The van der Waals surface area contributed by atoms with Crippen LogP contribution in [0.4, 0.5) is 0 Å². The summed E-state index contributed by atoms with van der Waals surface area (Å²) in [6, 6.07) is -0.0477. The monoisotopic (exact) mass is 250 g/mol. The highest BCUT2D eigenvalue weighted by Crippen LogP contribution is 2.28. The Kier molecular flexibility index (Phi) is 4.69. The normalized spacial score (nSPS) is 16.4. The first-order chi connectivity index (χ1) is 7.51. The molecule has 0 saturated heterocycles. The lowest BCUT2D eigenvalue weighted by Gasteiger charge is -2.20. The Morgan fingerprint density at radius 1 is 1.44 bits per heavy atom. The van der Waals surface area contributed by atoms with Crippen LogP contribution in [0.1, 0.15) is 26.7 Å². The zero-order chi connectivity index (χ0) is 12.2. The van der Waals surface area contributed by atoms with E-state index >= 15 is 0 Å². The highest BCUT2D eigenvalue weighted by molar-refractivity contribution is 7.87. The average Bonchev–Trinajstić information content (AvgIpc) is 2.97. The molecular formula is C9H18N2O4S. The molecule has 0 aromatic heterocycles. The van der Waals surface area contributed by atoms with Gasteiger partial charge in [0.05, 0.1) is 6.61 Å². The Morgan fingerprint density at radius 2 is 2.06 bits per heavy atom. The van der Waals surface area contributed by atoms with Crippen molar-refractivity contribution in [2.75, 3.05) is 19.7 Å². The number of nitrogens with zero attached hydrogens (tertiary/aromatic N) is 1. The van der Waals surface area contributed by atoms with Crippen LogP contribution in [0.5, 0.6) is 0 Å². The minimum Gasteiger partial charge on any atom is -0.465 e. The van der Waals surface area contributed by atoms with Crippen LogP contribution in [-0.4, -0.2) is 44.4 Å². The summed E-state index contributed by atoms with van der Waals surface area (Å²) in [6.07, 6.45) is 1.62. The van der Waals surface area contributed by atoms with Gasteiger partial charge in [-0.2, -0.15) is 12.7 Å². The zero-order valence-corrected chi connectivity index (χ0v) is 10.4. The molecule has 0 bridgehead atoms. The van der Waals surface area contributed by atoms with Gasteiger partial charge < -0.3 is 4.74 Å². The summed E-state index contributed by atoms with van der Waals surface area (Å²) in [5.41, 5.74) is 0. The molecule has 1 fully saturated rings. The van der Waals surface area contributed by atoms with Crippen molar-refractivity contribution in [2.24, 2.45) is 0 Å². The van der Waals surface area contributed by atoms with E-state index in [1.807, 2.05) is 0 Å². The van der Waals surface area contributed by atoms with Gasteiger partial charge in [-0.1, -0.05) is 6.92 Å². The second kappa shape index (κ2) is 5.60. The van der Waals surface area contributed by atoms with Gasteiger partial charge in [-0.25, -0.2) is 4.72 Å². The van der Waals surface area contributed by atoms with Gasteiger partial charge in [0.2, 0.25) is 0 Å². The van der Waals surface area contributed by atoms with Crippen LogP contribution in [0.25, 0.3) is 0 Å². The molecule has 1 aliphatic carbocycles. The lowest BCUT2D eigenvalue weighted by atomic mass is 10.6. The average molecular weight is 250 g/mol. The number of esters is 1. The lowest BCUT2D eigenvalue weighted by Crippen LogP contribution is -2.44. The second-order valence-electron chi connectivity index (χ2n) is 3.58. The largest absolute Gasteiger partial charge is 0.465 e. The molecule has 1 N–H and O–H groups in total. The maximum atomic E-state index is 11.8. The van der Waals surface area contributed by atoms with Crippen molar-refractivity contribution in [1.82, 2.24) is 9.03 Å². The molecule has 94 valence electrons. The third-order valence-electron chi connectivity index (χ3n) is 2.18. The molecule has 1 saturated carbocycles. The van der Waals surface area contributed by atoms with Crippen LogP contribution >= 0.6 is 0 Å². The Morgan fingerprint density at radius 3 is 2.50 bits per heavy atom. The first kappa shape index (κ1) is 13.4. The van der Waals surface area contributed by atoms with Gasteiger partial charge in [-0.05, 0) is 19.8 Å². The van der Waals surface area contributed by atoms with Gasteiger partial charge in [-0.15, -0.1) is 0 Å². The molecule has 0 heterocycles. The zero-order valence-electron chi connectivity index (χ0n) is 9.60. The van der Waals surface area contributed by atoms with Crippen LogP contribution in [0.2, 0.25) is 0 Å². The molecule has 0 aromatic rings. The minimum atomic E-state index is -3.54. The second-order valence-corrected chi connectivity index (χ2v) is 5.29. The van der Waals surface area contributed by atoms with E-state index in [1.165, 1.54) is 4.31 Å². The molecule has 1 rings (SSSR count). The summed E-state index contributed by atoms with van der Waals surface area (Å²) < 4.78 is 31.8. The fraction of sp³-hybridized carbons (Fsp3) is 0.889. The van der Waals surface area contributed by atoms with E-state index in [9.17, 15) is 13.2 Å².